The minimum Gasteiger partial charge on any atom is -0.507 e. The summed E-state index contributed by atoms with van der Waals surface area (Å²) in [6.07, 6.45) is 18.2. The predicted octanol–water partition coefficient (Wildman–Crippen LogP) is 9.94. The fourth-order valence-corrected chi connectivity index (χ4v) is 4.94. The van der Waals surface area contributed by atoms with Gasteiger partial charge in [-0.3, -0.25) is 0 Å². The molecule has 0 aliphatic heterocycles. The average Bonchev–Trinajstić information content (AvgIpc) is 2.90. The highest BCUT2D eigenvalue weighted by molar-refractivity contribution is 5.69. The molecule has 0 bridgehead atoms. The maximum absolute atomic E-state index is 11.4. The van der Waals surface area contributed by atoms with Gasteiger partial charge in [-0.2, -0.15) is 5.11 Å². The van der Waals surface area contributed by atoms with E-state index in [0.29, 0.717) is 12.1 Å². The van der Waals surface area contributed by atoms with Crippen molar-refractivity contribution in [1.29, 1.82) is 0 Å². The minimum absolute atomic E-state index is 0.0931. The van der Waals surface area contributed by atoms with Crippen LogP contribution in [0.5, 0.6) is 17.2 Å². The molecule has 0 amide bonds. The summed E-state index contributed by atoms with van der Waals surface area (Å²) in [5, 5.41) is 40.2. The Labute approximate surface area is 229 Å². The first-order valence-electron chi connectivity index (χ1n) is 14.7. The second-order valence-corrected chi connectivity index (χ2v) is 10.4. The largest absolute Gasteiger partial charge is 0.507 e. The van der Waals surface area contributed by atoms with Gasteiger partial charge in [-0.1, -0.05) is 103 Å². The van der Waals surface area contributed by atoms with Gasteiger partial charge in [0.2, 0.25) is 0 Å². The topological polar surface area (TPSA) is 102 Å². The molecule has 0 aliphatic carbocycles. The van der Waals surface area contributed by atoms with Crippen LogP contribution < -0.4 is 0 Å². The number of aldehydes is 1. The molecular formula is C32H48N2O4. The van der Waals surface area contributed by atoms with Crippen molar-refractivity contribution in [3.05, 3.63) is 41.5 Å². The Morgan fingerprint density at radius 2 is 1.32 bits per heavy atom. The van der Waals surface area contributed by atoms with Gasteiger partial charge in [-0.05, 0) is 42.9 Å². The van der Waals surface area contributed by atoms with Crippen molar-refractivity contribution in [2.24, 2.45) is 10.2 Å². The zero-order valence-corrected chi connectivity index (χ0v) is 23.5. The third-order valence-electron chi connectivity index (χ3n) is 7.24. The lowest BCUT2D eigenvalue weighted by atomic mass is 9.88. The first kappa shape index (κ1) is 31.3. The lowest BCUT2D eigenvalue weighted by molar-refractivity contribution is -0.108. The second-order valence-electron chi connectivity index (χ2n) is 10.4. The number of nitrogens with zero attached hydrogens (tertiary/aromatic N) is 2. The van der Waals surface area contributed by atoms with Gasteiger partial charge in [0.05, 0.1) is 5.69 Å². The summed E-state index contributed by atoms with van der Waals surface area (Å²) in [6.45, 7) is 4.42. The Morgan fingerprint density at radius 1 is 0.737 bits per heavy atom. The number of rotatable bonds is 20. The molecule has 6 nitrogen and oxygen atoms in total. The zero-order chi connectivity index (χ0) is 27.6. The molecule has 0 aromatic heterocycles. The highest BCUT2D eigenvalue weighted by Crippen LogP contribution is 2.48. The Kier molecular flexibility index (Phi) is 15.1. The van der Waals surface area contributed by atoms with Crippen molar-refractivity contribution in [2.45, 2.75) is 122 Å². The molecule has 38 heavy (non-hydrogen) atoms. The van der Waals surface area contributed by atoms with Crippen molar-refractivity contribution in [1.82, 2.24) is 0 Å². The first-order chi connectivity index (χ1) is 18.5. The number of phenols is 3. The molecule has 0 fully saturated rings. The van der Waals surface area contributed by atoms with Crippen LogP contribution in [0.1, 0.15) is 127 Å². The SMILES string of the molecule is CCCCCCCCCC(CC=O)c1c(O)cc(O)c(N=Nc2ccc(CCCCCCCC)cc2)c1O. The molecule has 0 spiro atoms. The van der Waals surface area contributed by atoms with E-state index in [-0.39, 0.29) is 40.8 Å². The number of benzene rings is 2. The van der Waals surface area contributed by atoms with Crippen LogP contribution in [-0.2, 0) is 11.2 Å². The summed E-state index contributed by atoms with van der Waals surface area (Å²) in [4.78, 5) is 11.4. The molecule has 1 unspecified atom stereocenters. The molecule has 0 saturated heterocycles. The van der Waals surface area contributed by atoms with Crippen LogP contribution in [0.15, 0.2) is 40.6 Å². The highest BCUT2D eigenvalue weighted by atomic mass is 16.3. The molecule has 2 rings (SSSR count). The minimum atomic E-state index is -0.354. The lowest BCUT2D eigenvalue weighted by Crippen LogP contribution is -2.02. The Morgan fingerprint density at radius 3 is 1.92 bits per heavy atom. The summed E-state index contributed by atoms with van der Waals surface area (Å²) in [5.74, 6) is -1.25. The van der Waals surface area contributed by atoms with Crippen molar-refractivity contribution < 1.29 is 20.1 Å². The molecule has 2 aromatic carbocycles. The summed E-state index contributed by atoms with van der Waals surface area (Å²) in [5.41, 5.74) is 2.02. The number of aromatic hydroxyl groups is 3. The molecule has 0 heterocycles. The van der Waals surface area contributed by atoms with E-state index in [1.807, 2.05) is 24.3 Å². The fraction of sp³-hybridized carbons (Fsp3) is 0.594. The third kappa shape index (κ3) is 10.8. The molecule has 3 N–H and O–H groups in total. The molecule has 2 aromatic rings. The van der Waals surface area contributed by atoms with Gasteiger partial charge < -0.3 is 20.1 Å². The molecule has 0 saturated carbocycles. The van der Waals surface area contributed by atoms with Crippen LogP contribution in [0.4, 0.5) is 11.4 Å². The van der Waals surface area contributed by atoms with Gasteiger partial charge in [0.15, 0.2) is 17.2 Å². The zero-order valence-electron chi connectivity index (χ0n) is 23.5. The van der Waals surface area contributed by atoms with Crippen LogP contribution in [0.2, 0.25) is 0 Å². The number of hydrogen-bond acceptors (Lipinski definition) is 6. The van der Waals surface area contributed by atoms with Gasteiger partial charge in [0, 0.05) is 18.1 Å². The molecular weight excluding hydrogens is 476 g/mol. The predicted molar refractivity (Wildman–Crippen MR) is 155 cm³/mol. The highest BCUT2D eigenvalue weighted by Gasteiger charge is 2.24. The van der Waals surface area contributed by atoms with E-state index in [0.717, 1.165) is 32.0 Å². The Bertz CT molecular complexity index is 972. The molecule has 6 heteroatoms. The van der Waals surface area contributed by atoms with Crippen LogP contribution in [-0.4, -0.2) is 21.6 Å². The number of unbranched alkanes of at least 4 members (excludes halogenated alkanes) is 11. The lowest BCUT2D eigenvalue weighted by Gasteiger charge is -2.19. The van der Waals surface area contributed by atoms with E-state index in [9.17, 15) is 20.1 Å². The number of azo groups is 1. The quantitative estimate of drug-likeness (QED) is 0.0910. The van der Waals surface area contributed by atoms with Crippen LogP contribution in [0, 0.1) is 0 Å². The van der Waals surface area contributed by atoms with Crippen molar-refractivity contribution in [2.75, 3.05) is 0 Å². The number of phenolic OH excluding ortho intramolecular Hbond substituents is 3. The van der Waals surface area contributed by atoms with Gasteiger partial charge in [0.1, 0.15) is 12.0 Å². The molecule has 0 aliphatic rings. The maximum atomic E-state index is 11.4. The van der Waals surface area contributed by atoms with Gasteiger partial charge >= 0.3 is 0 Å². The number of carbonyl (C=O) groups excluding carboxylic acids is 1. The van der Waals surface area contributed by atoms with Crippen molar-refractivity contribution in [3.63, 3.8) is 0 Å². The normalized spacial score (nSPS) is 12.3. The van der Waals surface area contributed by atoms with E-state index < -0.39 is 0 Å². The van der Waals surface area contributed by atoms with E-state index in [2.05, 4.69) is 24.1 Å². The number of aryl methyl sites for hydroxylation is 1. The fourth-order valence-electron chi connectivity index (χ4n) is 4.94. The van der Waals surface area contributed by atoms with E-state index >= 15 is 0 Å². The first-order valence-corrected chi connectivity index (χ1v) is 14.7. The van der Waals surface area contributed by atoms with Gasteiger partial charge in [-0.25, -0.2) is 0 Å². The summed E-state index contributed by atoms with van der Waals surface area (Å²) < 4.78 is 0. The monoisotopic (exact) mass is 524 g/mol. The van der Waals surface area contributed by atoms with Crippen LogP contribution in [0.3, 0.4) is 0 Å². The van der Waals surface area contributed by atoms with Crippen molar-refractivity contribution in [3.8, 4) is 17.2 Å². The summed E-state index contributed by atoms with van der Waals surface area (Å²) in [7, 11) is 0. The van der Waals surface area contributed by atoms with E-state index in [1.54, 1.807) is 0 Å². The Hall–Kier alpha value is -2.89. The molecule has 1 atom stereocenters. The molecule has 210 valence electrons. The summed E-state index contributed by atoms with van der Waals surface area (Å²) in [6, 6.07) is 8.99. The maximum Gasteiger partial charge on any atom is 0.169 e. The number of carbonyl (C=O) groups is 1. The van der Waals surface area contributed by atoms with Gasteiger partial charge in [0.25, 0.3) is 0 Å². The summed E-state index contributed by atoms with van der Waals surface area (Å²) >= 11 is 0. The average molecular weight is 525 g/mol. The van der Waals surface area contributed by atoms with Crippen LogP contribution in [0.25, 0.3) is 0 Å². The van der Waals surface area contributed by atoms with E-state index in [1.165, 1.54) is 75.8 Å². The number of hydrogen-bond donors (Lipinski definition) is 3. The molecule has 0 radical (unpaired) electrons. The Balaban J connectivity index is 2.04. The second kappa shape index (κ2) is 18.4. The van der Waals surface area contributed by atoms with Gasteiger partial charge in [-0.15, -0.1) is 5.11 Å². The van der Waals surface area contributed by atoms with E-state index in [4.69, 9.17) is 0 Å². The van der Waals surface area contributed by atoms with Crippen molar-refractivity contribution >= 4 is 17.7 Å². The smallest absolute Gasteiger partial charge is 0.169 e. The third-order valence-corrected chi connectivity index (χ3v) is 7.24. The van der Waals surface area contributed by atoms with Crippen LogP contribution >= 0.6 is 0 Å². The standard InChI is InChI=1S/C32H48N2O4/c1-3-5-7-9-11-13-15-17-26(22-23-35)30-28(36)24-29(37)31(32(30)38)34-33-27-20-18-25(19-21-27)16-14-12-10-8-6-4-2/h18-21,23-24,26,36-38H,3-17,22H2,1-2H3.